The van der Waals surface area contributed by atoms with Crippen LogP contribution in [0.15, 0.2) is 41.8 Å². The van der Waals surface area contributed by atoms with Crippen molar-refractivity contribution in [3.63, 3.8) is 0 Å². The van der Waals surface area contributed by atoms with Crippen molar-refractivity contribution >= 4 is 28.8 Å². The van der Waals surface area contributed by atoms with Crippen LogP contribution in [0, 0.1) is 0 Å². The van der Waals surface area contributed by atoms with E-state index in [0.717, 1.165) is 50.7 Å². The Morgan fingerprint density at radius 2 is 1.78 bits per heavy atom. The molecule has 0 radical (unpaired) electrons. The van der Waals surface area contributed by atoms with Crippen LogP contribution in [0.2, 0.25) is 0 Å². The van der Waals surface area contributed by atoms with Crippen LogP contribution in [0.5, 0.6) is 5.75 Å². The topological polar surface area (TPSA) is 86.4 Å². The summed E-state index contributed by atoms with van der Waals surface area (Å²) >= 11 is 1.68. The van der Waals surface area contributed by atoms with E-state index in [-0.39, 0.29) is 12.1 Å². The number of rotatable bonds is 9. The number of amides is 2. The minimum absolute atomic E-state index is 0.00470. The van der Waals surface area contributed by atoms with Gasteiger partial charge in [0.2, 0.25) is 0 Å². The van der Waals surface area contributed by atoms with Crippen molar-refractivity contribution < 1.29 is 19.1 Å². The molecule has 36 heavy (non-hydrogen) atoms. The summed E-state index contributed by atoms with van der Waals surface area (Å²) in [6, 6.07) is 12.0. The van der Waals surface area contributed by atoms with Crippen LogP contribution in [-0.2, 0) is 14.3 Å². The first-order chi connectivity index (χ1) is 17.6. The lowest BCUT2D eigenvalue weighted by Crippen LogP contribution is -2.54. The summed E-state index contributed by atoms with van der Waals surface area (Å²) in [5, 5.41) is 7.78. The van der Waals surface area contributed by atoms with Crippen LogP contribution in [0.3, 0.4) is 0 Å². The molecule has 2 atom stereocenters. The van der Waals surface area contributed by atoms with Gasteiger partial charge in [0.05, 0.1) is 32.1 Å². The Kier molecular flexibility index (Phi) is 9.57. The minimum atomic E-state index is -0.585. The standard InChI is InChI=1S/C26H37N5O4S/c1-20(28-26(33)25(32)27-9-10-29-15-17-35-18-16-29)24(23-8-5-19-36-23)31-13-11-30(12-14-31)21-6-3-4-7-22(21)34-2/h3-8,19-20,24H,9-18H2,1-2H3,(H,27,32)(H,28,33). The third-order valence-corrected chi connectivity index (χ3v) is 7.77. The molecule has 2 aliphatic rings. The number of hydrogen-bond acceptors (Lipinski definition) is 8. The lowest BCUT2D eigenvalue weighted by molar-refractivity contribution is -0.139. The zero-order chi connectivity index (χ0) is 25.3. The first-order valence-electron chi connectivity index (χ1n) is 12.6. The van der Waals surface area contributed by atoms with Gasteiger partial charge in [-0.05, 0) is 30.5 Å². The van der Waals surface area contributed by atoms with E-state index in [9.17, 15) is 9.59 Å². The molecule has 10 heteroatoms. The van der Waals surface area contributed by atoms with Gasteiger partial charge in [0.15, 0.2) is 0 Å². The molecular formula is C26H37N5O4S. The Morgan fingerprint density at radius 3 is 2.47 bits per heavy atom. The van der Waals surface area contributed by atoms with Crippen LogP contribution in [0.4, 0.5) is 5.69 Å². The monoisotopic (exact) mass is 515 g/mol. The summed E-state index contributed by atoms with van der Waals surface area (Å²) < 4.78 is 10.9. The van der Waals surface area contributed by atoms with Crippen molar-refractivity contribution in [3.05, 3.63) is 46.7 Å². The maximum Gasteiger partial charge on any atom is 0.309 e. The van der Waals surface area contributed by atoms with Crippen molar-refractivity contribution in [2.75, 3.05) is 77.6 Å². The number of carbonyl (C=O) groups is 2. The zero-order valence-electron chi connectivity index (χ0n) is 21.2. The number of carbonyl (C=O) groups excluding carboxylic acids is 2. The summed E-state index contributed by atoms with van der Waals surface area (Å²) in [6.45, 7) is 9.65. The van der Waals surface area contributed by atoms with Crippen LogP contribution in [-0.4, -0.2) is 100 Å². The molecule has 1 aromatic carbocycles. The highest BCUT2D eigenvalue weighted by atomic mass is 32.1. The summed E-state index contributed by atoms with van der Waals surface area (Å²) in [7, 11) is 1.70. The van der Waals surface area contributed by atoms with E-state index < -0.39 is 11.8 Å². The molecule has 196 valence electrons. The Hall–Kier alpha value is -2.66. The molecule has 1 aromatic heterocycles. The van der Waals surface area contributed by atoms with E-state index in [1.807, 2.05) is 31.2 Å². The molecule has 2 fully saturated rings. The molecular weight excluding hydrogens is 478 g/mol. The number of para-hydroxylation sites is 2. The zero-order valence-corrected chi connectivity index (χ0v) is 22.0. The smallest absolute Gasteiger partial charge is 0.309 e. The van der Waals surface area contributed by atoms with Crippen molar-refractivity contribution in [3.8, 4) is 5.75 Å². The number of nitrogens with one attached hydrogen (secondary N) is 2. The fourth-order valence-electron chi connectivity index (χ4n) is 4.92. The predicted molar refractivity (Wildman–Crippen MR) is 142 cm³/mol. The second-order valence-electron chi connectivity index (χ2n) is 9.13. The van der Waals surface area contributed by atoms with Crippen molar-refractivity contribution in [1.29, 1.82) is 0 Å². The number of thiophene rings is 1. The summed E-state index contributed by atoms with van der Waals surface area (Å²) in [5.41, 5.74) is 1.10. The number of morpholine rings is 1. The van der Waals surface area contributed by atoms with Gasteiger partial charge in [-0.15, -0.1) is 11.3 Å². The lowest BCUT2D eigenvalue weighted by atomic mass is 10.0. The molecule has 0 aliphatic carbocycles. The lowest BCUT2D eigenvalue weighted by Gasteiger charge is -2.42. The fraction of sp³-hybridized carbons (Fsp3) is 0.538. The van der Waals surface area contributed by atoms with E-state index in [2.05, 4.69) is 42.8 Å². The van der Waals surface area contributed by atoms with Crippen molar-refractivity contribution in [1.82, 2.24) is 20.4 Å². The minimum Gasteiger partial charge on any atom is -0.495 e. The van der Waals surface area contributed by atoms with E-state index in [0.29, 0.717) is 26.3 Å². The van der Waals surface area contributed by atoms with Gasteiger partial charge in [0, 0.05) is 63.3 Å². The molecule has 3 heterocycles. The van der Waals surface area contributed by atoms with Gasteiger partial charge >= 0.3 is 11.8 Å². The van der Waals surface area contributed by atoms with Gasteiger partial charge in [-0.2, -0.15) is 0 Å². The Bertz CT molecular complexity index is 974. The van der Waals surface area contributed by atoms with E-state index in [1.54, 1.807) is 18.4 Å². The first kappa shape index (κ1) is 26.4. The van der Waals surface area contributed by atoms with Crippen LogP contribution in [0.1, 0.15) is 17.8 Å². The number of piperazine rings is 1. The highest BCUT2D eigenvalue weighted by Crippen LogP contribution is 2.32. The highest BCUT2D eigenvalue weighted by molar-refractivity contribution is 7.10. The Labute approximate surface area is 217 Å². The Balaban J connectivity index is 1.32. The van der Waals surface area contributed by atoms with E-state index >= 15 is 0 Å². The van der Waals surface area contributed by atoms with Gasteiger partial charge in [-0.25, -0.2) is 0 Å². The fourth-order valence-corrected chi connectivity index (χ4v) is 5.88. The van der Waals surface area contributed by atoms with Gasteiger partial charge in [0.1, 0.15) is 5.75 Å². The van der Waals surface area contributed by atoms with Gasteiger partial charge in [0.25, 0.3) is 0 Å². The number of benzene rings is 1. The first-order valence-corrected chi connectivity index (χ1v) is 13.5. The maximum absolute atomic E-state index is 12.7. The molecule has 2 amide bonds. The summed E-state index contributed by atoms with van der Waals surface area (Å²) in [4.78, 5) is 33.3. The molecule has 2 N–H and O–H groups in total. The predicted octanol–water partition coefficient (Wildman–Crippen LogP) is 1.57. The highest BCUT2D eigenvalue weighted by Gasteiger charge is 2.32. The third-order valence-electron chi connectivity index (χ3n) is 6.82. The molecule has 2 saturated heterocycles. The maximum atomic E-state index is 12.7. The summed E-state index contributed by atoms with van der Waals surface area (Å²) in [6.07, 6.45) is 0. The second-order valence-corrected chi connectivity index (χ2v) is 10.1. The van der Waals surface area contributed by atoms with Gasteiger partial charge in [-0.1, -0.05) is 18.2 Å². The average Bonchev–Trinajstić information content (AvgIpc) is 3.44. The second kappa shape index (κ2) is 13.0. The average molecular weight is 516 g/mol. The molecule has 2 aliphatic heterocycles. The largest absolute Gasteiger partial charge is 0.495 e. The molecule has 9 nitrogen and oxygen atoms in total. The number of ether oxygens (including phenoxy) is 2. The number of hydrogen-bond donors (Lipinski definition) is 2. The molecule has 0 saturated carbocycles. The molecule has 2 aromatic rings. The molecule has 0 spiro atoms. The molecule has 0 bridgehead atoms. The normalized spacial score (nSPS) is 18.9. The van der Waals surface area contributed by atoms with Gasteiger partial charge < -0.3 is 25.0 Å². The summed E-state index contributed by atoms with van der Waals surface area (Å²) in [5.74, 6) is -0.291. The Morgan fingerprint density at radius 1 is 1.03 bits per heavy atom. The number of methoxy groups -OCH3 is 1. The molecule has 4 rings (SSSR count). The van der Waals surface area contributed by atoms with Crippen molar-refractivity contribution in [2.45, 2.75) is 19.0 Å². The van der Waals surface area contributed by atoms with Gasteiger partial charge in [-0.3, -0.25) is 19.4 Å². The quantitative estimate of drug-likeness (QED) is 0.491. The van der Waals surface area contributed by atoms with Crippen molar-refractivity contribution in [2.24, 2.45) is 0 Å². The number of nitrogens with zero attached hydrogens (tertiary/aromatic N) is 3. The third kappa shape index (κ3) is 6.76. The van der Waals surface area contributed by atoms with Crippen LogP contribution >= 0.6 is 11.3 Å². The van der Waals surface area contributed by atoms with E-state index in [1.165, 1.54) is 4.88 Å². The van der Waals surface area contributed by atoms with E-state index in [4.69, 9.17) is 9.47 Å². The SMILES string of the molecule is COc1ccccc1N1CCN(C(c2cccs2)C(C)NC(=O)C(=O)NCCN2CCOCC2)CC1. The van der Waals surface area contributed by atoms with Crippen LogP contribution in [0.25, 0.3) is 0 Å². The molecule has 2 unspecified atom stereocenters. The number of anilines is 1. The van der Waals surface area contributed by atoms with Crippen LogP contribution < -0.4 is 20.3 Å².